The number of nitrogens with two attached hydrogens (primary N) is 1. The Morgan fingerprint density at radius 2 is 2.03 bits per heavy atom. The minimum Gasteiger partial charge on any atom is -0.478 e. The van der Waals surface area contributed by atoms with Gasteiger partial charge < -0.3 is 15.2 Å². The van der Waals surface area contributed by atoms with E-state index < -0.39 is 58.1 Å². The number of aromatic nitrogens is 2. The molecule has 186 valence electrons. The Kier molecular flexibility index (Phi) is 6.85. The molecule has 0 bridgehead atoms. The van der Waals surface area contributed by atoms with E-state index in [1.807, 2.05) is 0 Å². The van der Waals surface area contributed by atoms with Crippen molar-refractivity contribution in [3.63, 3.8) is 0 Å². The van der Waals surface area contributed by atoms with Crippen molar-refractivity contribution in [3.05, 3.63) is 30.1 Å². The fraction of sp³-hybridized carbons (Fsp3) is 0.450. The molecule has 0 fully saturated rings. The zero-order valence-electron chi connectivity index (χ0n) is 18.9. The van der Waals surface area contributed by atoms with E-state index in [2.05, 4.69) is 10.4 Å². The zero-order chi connectivity index (χ0) is 25.4. The van der Waals surface area contributed by atoms with Crippen LogP contribution in [0.25, 0.3) is 0 Å². The lowest BCUT2D eigenvalue weighted by Crippen LogP contribution is -2.48. The molecular weight excluding hydrogens is 476 g/mol. The number of carbonyl (C=O) groups excluding carboxylic acids is 2. The monoisotopic (exact) mass is 501 g/mol. The number of fused-ring (bicyclic) bond motifs is 1. The van der Waals surface area contributed by atoms with Crippen LogP contribution in [-0.2, 0) is 19.6 Å². The second kappa shape index (κ2) is 9.18. The standard InChI is InChI=1S/C20H25F2N5O6S/c1-11-17(10-26(25-11)18(21)22)34(30,31)27-9-16(14(28)8-23)32-15-6-5-12(7-13(15)27)24-19(29)33-20(2,3)4/h5-7,10,16,18H,8-9,23H2,1-4H3,(H,24,29)/t16-/m1/s1. The molecule has 3 rings (SSSR count). The van der Waals surface area contributed by atoms with E-state index in [9.17, 15) is 26.8 Å². The van der Waals surface area contributed by atoms with E-state index in [1.54, 1.807) is 20.8 Å². The van der Waals surface area contributed by atoms with E-state index >= 15 is 0 Å². The van der Waals surface area contributed by atoms with Crippen LogP contribution < -0.4 is 20.1 Å². The van der Waals surface area contributed by atoms with Crippen molar-refractivity contribution in [2.75, 3.05) is 22.7 Å². The number of hydrogen-bond donors (Lipinski definition) is 2. The number of aryl methyl sites for hydroxylation is 1. The number of ketones is 1. The lowest BCUT2D eigenvalue weighted by molar-refractivity contribution is -0.124. The predicted octanol–water partition coefficient (Wildman–Crippen LogP) is 2.42. The second-order valence-corrected chi connectivity index (χ2v) is 10.3. The van der Waals surface area contributed by atoms with Crippen LogP contribution in [0.5, 0.6) is 5.75 Å². The summed E-state index contributed by atoms with van der Waals surface area (Å²) in [4.78, 5) is 23.9. The molecule has 11 nitrogen and oxygen atoms in total. The Morgan fingerprint density at radius 3 is 2.59 bits per heavy atom. The highest BCUT2D eigenvalue weighted by atomic mass is 32.2. The average Bonchev–Trinajstić information content (AvgIpc) is 3.13. The molecule has 2 heterocycles. The summed E-state index contributed by atoms with van der Waals surface area (Å²) < 4.78 is 65.1. The Morgan fingerprint density at radius 1 is 1.35 bits per heavy atom. The molecule has 1 aromatic carbocycles. The van der Waals surface area contributed by atoms with E-state index in [0.29, 0.717) is 6.20 Å². The molecule has 0 aliphatic carbocycles. The summed E-state index contributed by atoms with van der Waals surface area (Å²) in [6, 6.07) is 4.12. The van der Waals surface area contributed by atoms with E-state index in [0.717, 1.165) is 4.31 Å². The Labute approximate surface area is 194 Å². The van der Waals surface area contributed by atoms with Crippen LogP contribution in [0.2, 0.25) is 0 Å². The smallest absolute Gasteiger partial charge is 0.412 e. The number of alkyl halides is 2. The number of anilines is 2. The molecule has 0 saturated carbocycles. The highest BCUT2D eigenvalue weighted by molar-refractivity contribution is 7.92. The topological polar surface area (TPSA) is 146 Å². The van der Waals surface area contributed by atoms with Gasteiger partial charge in [-0.2, -0.15) is 13.9 Å². The van der Waals surface area contributed by atoms with E-state index in [4.69, 9.17) is 15.2 Å². The van der Waals surface area contributed by atoms with Crippen molar-refractivity contribution >= 4 is 33.3 Å². The third-order valence-electron chi connectivity index (χ3n) is 4.67. The quantitative estimate of drug-likeness (QED) is 0.614. The summed E-state index contributed by atoms with van der Waals surface area (Å²) in [5.74, 6) is -0.530. The number of amides is 1. The summed E-state index contributed by atoms with van der Waals surface area (Å²) in [6.45, 7) is 2.41. The summed E-state index contributed by atoms with van der Waals surface area (Å²) in [6.07, 6.45) is -1.28. The van der Waals surface area contributed by atoms with Crippen LogP contribution in [0.4, 0.5) is 25.0 Å². The highest BCUT2D eigenvalue weighted by Crippen LogP contribution is 2.39. The molecule has 0 saturated heterocycles. The maximum atomic E-state index is 13.5. The molecule has 3 N–H and O–H groups in total. The summed E-state index contributed by atoms with van der Waals surface area (Å²) in [5.41, 5.74) is 4.67. The van der Waals surface area contributed by atoms with Gasteiger partial charge in [-0.05, 0) is 45.9 Å². The molecule has 34 heavy (non-hydrogen) atoms. The maximum Gasteiger partial charge on any atom is 0.412 e. The molecule has 1 aliphatic rings. The summed E-state index contributed by atoms with van der Waals surface area (Å²) >= 11 is 0. The number of ether oxygens (including phenoxy) is 2. The van der Waals surface area contributed by atoms with Gasteiger partial charge in [0.05, 0.1) is 30.7 Å². The van der Waals surface area contributed by atoms with E-state index in [-0.39, 0.29) is 27.5 Å². The molecule has 0 unspecified atom stereocenters. The zero-order valence-corrected chi connectivity index (χ0v) is 19.7. The lowest BCUT2D eigenvalue weighted by Gasteiger charge is -2.34. The van der Waals surface area contributed by atoms with E-state index in [1.165, 1.54) is 25.1 Å². The maximum absolute atomic E-state index is 13.5. The van der Waals surface area contributed by atoms with Crippen LogP contribution in [0.15, 0.2) is 29.3 Å². The highest BCUT2D eigenvalue weighted by Gasteiger charge is 2.39. The van der Waals surface area contributed by atoms with Gasteiger partial charge >= 0.3 is 12.6 Å². The number of halogens is 2. The van der Waals surface area contributed by atoms with Crippen LogP contribution in [0.3, 0.4) is 0 Å². The number of nitrogens with zero attached hydrogens (tertiary/aromatic N) is 3. The first-order valence-electron chi connectivity index (χ1n) is 10.1. The van der Waals surface area contributed by atoms with Gasteiger partial charge in [-0.25, -0.2) is 17.9 Å². The molecule has 2 aromatic rings. The first-order valence-corrected chi connectivity index (χ1v) is 11.6. The predicted molar refractivity (Wildman–Crippen MR) is 118 cm³/mol. The fourth-order valence-corrected chi connectivity index (χ4v) is 4.84. The summed E-state index contributed by atoms with van der Waals surface area (Å²) in [7, 11) is -4.47. The van der Waals surface area contributed by atoms with Crippen molar-refractivity contribution in [1.29, 1.82) is 0 Å². The first kappa shape index (κ1) is 25.4. The fourth-order valence-electron chi connectivity index (χ4n) is 3.21. The van der Waals surface area contributed by atoms with Gasteiger partial charge in [-0.3, -0.25) is 14.4 Å². The minimum atomic E-state index is -4.47. The van der Waals surface area contributed by atoms with Crippen molar-refractivity contribution in [2.45, 2.75) is 50.8 Å². The van der Waals surface area contributed by atoms with Gasteiger partial charge in [0.2, 0.25) is 0 Å². The van der Waals surface area contributed by atoms with Crippen molar-refractivity contribution in [1.82, 2.24) is 9.78 Å². The molecule has 1 aliphatic heterocycles. The minimum absolute atomic E-state index is 0.0150. The number of sulfonamides is 1. The largest absolute Gasteiger partial charge is 0.478 e. The molecular formula is C20H25F2N5O6S. The van der Waals surface area contributed by atoms with Gasteiger partial charge in [0, 0.05) is 5.69 Å². The molecule has 0 spiro atoms. The van der Waals surface area contributed by atoms with Crippen LogP contribution >= 0.6 is 0 Å². The molecule has 1 atom stereocenters. The SMILES string of the molecule is Cc1nn(C(F)F)cc1S(=O)(=O)N1C[C@H](C(=O)CN)Oc2ccc(NC(=O)OC(C)(C)C)cc21. The van der Waals surface area contributed by atoms with Crippen LogP contribution in [0, 0.1) is 6.92 Å². The molecule has 1 aromatic heterocycles. The number of nitrogens with one attached hydrogen (secondary N) is 1. The Bertz CT molecular complexity index is 1210. The lowest BCUT2D eigenvalue weighted by atomic mass is 10.1. The van der Waals surface area contributed by atoms with Gasteiger partial charge in [0.15, 0.2) is 11.9 Å². The van der Waals surface area contributed by atoms with Gasteiger partial charge in [-0.15, -0.1) is 0 Å². The molecule has 14 heteroatoms. The van der Waals surface area contributed by atoms with Gasteiger partial charge in [0.25, 0.3) is 10.0 Å². The van der Waals surface area contributed by atoms with Crippen LogP contribution in [-0.4, -0.2) is 54.9 Å². The van der Waals surface area contributed by atoms with Crippen molar-refractivity contribution in [2.24, 2.45) is 5.73 Å². The third-order valence-corrected chi connectivity index (χ3v) is 6.56. The Balaban J connectivity index is 2.06. The average molecular weight is 502 g/mol. The third kappa shape index (κ3) is 5.28. The van der Waals surface area contributed by atoms with Crippen molar-refractivity contribution in [3.8, 4) is 5.75 Å². The Hall–Kier alpha value is -3.26. The number of benzene rings is 1. The number of hydrogen-bond acceptors (Lipinski definition) is 8. The first-order chi connectivity index (χ1) is 15.7. The number of carbonyl (C=O) groups is 2. The second-order valence-electron chi connectivity index (χ2n) is 8.46. The van der Waals surface area contributed by atoms with Gasteiger partial charge in [0.1, 0.15) is 16.2 Å². The van der Waals surface area contributed by atoms with Crippen LogP contribution in [0.1, 0.15) is 33.0 Å². The number of Topliss-reactive ketones (excluding diaryl/α,β-unsaturated/α-hetero) is 1. The normalized spacial score (nSPS) is 16.1. The van der Waals surface area contributed by atoms with Crippen molar-refractivity contribution < 1.29 is 36.3 Å². The molecule has 1 amide bonds. The summed E-state index contributed by atoms with van der Waals surface area (Å²) in [5, 5.41) is 6.05. The van der Waals surface area contributed by atoms with Gasteiger partial charge in [-0.1, -0.05) is 0 Å². The number of rotatable bonds is 6. The molecule has 0 radical (unpaired) electrons.